The molecule has 0 aliphatic rings. The van der Waals surface area contributed by atoms with Crippen molar-refractivity contribution in [2.24, 2.45) is 5.92 Å². The predicted molar refractivity (Wildman–Crippen MR) is 95.6 cm³/mol. The smallest absolute Gasteiger partial charge is 0.326 e. The zero-order valence-corrected chi connectivity index (χ0v) is 14.9. The number of nitrogens with zero attached hydrogens (tertiary/aromatic N) is 1. The molecule has 0 saturated heterocycles. The predicted octanol–water partition coefficient (Wildman–Crippen LogP) is 2.15. The van der Waals surface area contributed by atoms with Gasteiger partial charge >= 0.3 is 5.97 Å². The molecule has 0 bridgehead atoms. The number of carboxylic acids is 1. The van der Waals surface area contributed by atoms with E-state index in [2.05, 4.69) is 10.6 Å². The minimum absolute atomic E-state index is 0.114. The van der Waals surface area contributed by atoms with Crippen LogP contribution >= 0.6 is 0 Å². The highest BCUT2D eigenvalue weighted by atomic mass is 16.4. The fourth-order valence-electron chi connectivity index (χ4n) is 2.22. The lowest BCUT2D eigenvalue weighted by Gasteiger charge is -2.16. The molecule has 1 rings (SSSR count). The molecule has 0 aliphatic carbocycles. The molecule has 25 heavy (non-hydrogen) atoms. The number of rotatable bonds is 9. The van der Waals surface area contributed by atoms with Crippen LogP contribution in [0.15, 0.2) is 36.0 Å². The minimum atomic E-state index is -1.10. The first-order chi connectivity index (χ1) is 11.8. The first-order valence-electron chi connectivity index (χ1n) is 8.26. The molecule has 0 fully saturated rings. The van der Waals surface area contributed by atoms with Crippen LogP contribution in [-0.4, -0.2) is 29.6 Å². The summed E-state index contributed by atoms with van der Waals surface area (Å²) in [6.45, 7) is 6.33. The van der Waals surface area contributed by atoms with Gasteiger partial charge in [-0.05, 0) is 31.2 Å². The summed E-state index contributed by atoms with van der Waals surface area (Å²) in [7, 11) is 0. The number of aliphatic carboxylic acids is 1. The van der Waals surface area contributed by atoms with E-state index < -0.39 is 17.9 Å². The number of nitriles is 1. The molecule has 0 saturated carbocycles. The van der Waals surface area contributed by atoms with E-state index in [0.29, 0.717) is 13.0 Å². The maximum Gasteiger partial charge on any atom is 0.326 e. The number of hydrogen-bond donors (Lipinski definition) is 3. The molecule has 1 atom stereocenters. The average molecular weight is 343 g/mol. The van der Waals surface area contributed by atoms with Crippen molar-refractivity contribution in [3.63, 3.8) is 0 Å². The maximum atomic E-state index is 12.1. The van der Waals surface area contributed by atoms with Gasteiger partial charge in [-0.2, -0.15) is 5.26 Å². The monoisotopic (exact) mass is 343 g/mol. The Morgan fingerprint density at radius 3 is 2.44 bits per heavy atom. The summed E-state index contributed by atoms with van der Waals surface area (Å²) >= 11 is 0. The lowest BCUT2D eigenvalue weighted by molar-refractivity contribution is -0.141. The SMILES string of the molecule is Cc1ccc(CCN/C=C(/C#N)C(=O)NC(CC(C)C)C(=O)O)cc1. The molecule has 0 aromatic heterocycles. The molecule has 0 heterocycles. The lowest BCUT2D eigenvalue weighted by Crippen LogP contribution is -2.42. The van der Waals surface area contributed by atoms with Crippen LogP contribution in [0.4, 0.5) is 0 Å². The number of benzene rings is 1. The normalized spacial score (nSPS) is 12.4. The fraction of sp³-hybridized carbons (Fsp3) is 0.421. The topological polar surface area (TPSA) is 102 Å². The number of carbonyl (C=O) groups is 2. The Balaban J connectivity index is 2.56. The molecule has 134 valence electrons. The molecule has 6 heteroatoms. The summed E-state index contributed by atoms with van der Waals surface area (Å²) in [4.78, 5) is 23.3. The van der Waals surface area contributed by atoms with Gasteiger partial charge in [0, 0.05) is 12.7 Å². The number of nitrogens with one attached hydrogen (secondary N) is 2. The van der Waals surface area contributed by atoms with E-state index in [-0.39, 0.29) is 11.5 Å². The second-order valence-corrected chi connectivity index (χ2v) is 6.35. The Labute approximate surface area is 148 Å². The number of carboxylic acid groups (broad SMARTS) is 1. The van der Waals surface area contributed by atoms with E-state index in [1.165, 1.54) is 11.8 Å². The average Bonchev–Trinajstić information content (AvgIpc) is 2.55. The molecule has 0 spiro atoms. The van der Waals surface area contributed by atoms with Crippen molar-refractivity contribution in [2.75, 3.05) is 6.54 Å². The Kier molecular flexibility index (Phi) is 8.21. The summed E-state index contributed by atoms with van der Waals surface area (Å²) in [5.41, 5.74) is 2.20. The van der Waals surface area contributed by atoms with Gasteiger partial charge in [0.2, 0.25) is 0 Å². The van der Waals surface area contributed by atoms with Crippen LogP contribution in [0.2, 0.25) is 0 Å². The number of amides is 1. The Bertz CT molecular complexity index is 657. The van der Waals surface area contributed by atoms with E-state index in [0.717, 1.165) is 12.0 Å². The first kappa shape index (κ1) is 20.2. The molecular formula is C19H25N3O3. The van der Waals surface area contributed by atoms with Gasteiger partial charge in [-0.15, -0.1) is 0 Å². The van der Waals surface area contributed by atoms with Crippen LogP contribution < -0.4 is 10.6 Å². The van der Waals surface area contributed by atoms with Gasteiger partial charge in [0.25, 0.3) is 5.91 Å². The number of aryl methyl sites for hydroxylation is 1. The highest BCUT2D eigenvalue weighted by Gasteiger charge is 2.22. The summed E-state index contributed by atoms with van der Waals surface area (Å²) in [5, 5.41) is 23.6. The Hall–Kier alpha value is -2.81. The van der Waals surface area contributed by atoms with Crippen LogP contribution in [0.5, 0.6) is 0 Å². The third-order valence-corrected chi connectivity index (χ3v) is 3.60. The van der Waals surface area contributed by atoms with Crippen molar-refractivity contribution in [1.82, 2.24) is 10.6 Å². The molecule has 1 aromatic carbocycles. The Morgan fingerprint density at radius 2 is 1.92 bits per heavy atom. The second-order valence-electron chi connectivity index (χ2n) is 6.35. The van der Waals surface area contributed by atoms with Crippen molar-refractivity contribution in [2.45, 2.75) is 39.7 Å². The van der Waals surface area contributed by atoms with Gasteiger partial charge in [-0.25, -0.2) is 4.79 Å². The molecular weight excluding hydrogens is 318 g/mol. The standard InChI is InChI=1S/C19H25N3O3/c1-13(2)10-17(19(24)25)22-18(23)16(11-20)12-21-9-8-15-6-4-14(3)5-7-15/h4-7,12-13,17,21H,8-10H2,1-3H3,(H,22,23)(H,24,25)/b16-12-. The van der Waals surface area contributed by atoms with Gasteiger partial charge < -0.3 is 15.7 Å². The van der Waals surface area contributed by atoms with Crippen LogP contribution in [0, 0.1) is 24.2 Å². The van der Waals surface area contributed by atoms with Crippen molar-refractivity contribution in [1.29, 1.82) is 5.26 Å². The van der Waals surface area contributed by atoms with E-state index in [1.54, 1.807) is 6.07 Å². The number of hydrogen-bond acceptors (Lipinski definition) is 4. The van der Waals surface area contributed by atoms with Crippen LogP contribution in [0.3, 0.4) is 0 Å². The van der Waals surface area contributed by atoms with Crippen LogP contribution in [0.25, 0.3) is 0 Å². The molecule has 3 N–H and O–H groups in total. The minimum Gasteiger partial charge on any atom is -0.480 e. The highest BCUT2D eigenvalue weighted by molar-refractivity contribution is 5.99. The molecule has 0 aliphatic heterocycles. The summed E-state index contributed by atoms with van der Waals surface area (Å²) < 4.78 is 0. The van der Waals surface area contributed by atoms with Gasteiger partial charge in [0.05, 0.1) is 0 Å². The molecule has 1 amide bonds. The zero-order valence-electron chi connectivity index (χ0n) is 14.9. The lowest BCUT2D eigenvalue weighted by atomic mass is 10.0. The second kappa shape index (κ2) is 10.1. The molecule has 1 aromatic rings. The third kappa shape index (κ3) is 7.53. The van der Waals surface area contributed by atoms with Gasteiger partial charge in [-0.3, -0.25) is 4.79 Å². The quantitative estimate of drug-likeness (QED) is 0.362. The van der Waals surface area contributed by atoms with Crippen LogP contribution in [0.1, 0.15) is 31.4 Å². The van der Waals surface area contributed by atoms with Crippen LogP contribution in [-0.2, 0) is 16.0 Å². The maximum absolute atomic E-state index is 12.1. The van der Waals surface area contributed by atoms with E-state index in [4.69, 9.17) is 10.4 Å². The van der Waals surface area contributed by atoms with Crippen molar-refractivity contribution >= 4 is 11.9 Å². The highest BCUT2D eigenvalue weighted by Crippen LogP contribution is 2.06. The summed E-state index contributed by atoms with van der Waals surface area (Å²) in [6, 6.07) is 8.91. The largest absolute Gasteiger partial charge is 0.480 e. The molecule has 0 radical (unpaired) electrons. The van der Waals surface area contributed by atoms with Crippen molar-refractivity contribution in [3.8, 4) is 6.07 Å². The summed E-state index contributed by atoms with van der Waals surface area (Å²) in [5.74, 6) is -1.67. The summed E-state index contributed by atoms with van der Waals surface area (Å²) in [6.07, 6.45) is 2.39. The van der Waals surface area contributed by atoms with E-state index in [1.807, 2.05) is 45.0 Å². The van der Waals surface area contributed by atoms with E-state index in [9.17, 15) is 9.59 Å². The zero-order chi connectivity index (χ0) is 18.8. The van der Waals surface area contributed by atoms with Gasteiger partial charge in [0.1, 0.15) is 17.7 Å². The number of carbonyl (C=O) groups excluding carboxylic acids is 1. The van der Waals surface area contributed by atoms with Gasteiger partial charge in [-0.1, -0.05) is 43.7 Å². The first-order valence-corrected chi connectivity index (χ1v) is 8.26. The van der Waals surface area contributed by atoms with E-state index >= 15 is 0 Å². The fourth-order valence-corrected chi connectivity index (χ4v) is 2.22. The molecule has 6 nitrogen and oxygen atoms in total. The molecule has 1 unspecified atom stereocenters. The van der Waals surface area contributed by atoms with Crippen molar-refractivity contribution in [3.05, 3.63) is 47.2 Å². The Morgan fingerprint density at radius 1 is 1.28 bits per heavy atom. The van der Waals surface area contributed by atoms with Gasteiger partial charge in [0.15, 0.2) is 0 Å². The van der Waals surface area contributed by atoms with Crippen molar-refractivity contribution < 1.29 is 14.7 Å². The third-order valence-electron chi connectivity index (χ3n) is 3.60.